The van der Waals surface area contributed by atoms with Crippen LogP contribution in [0.2, 0.25) is 0 Å². The summed E-state index contributed by atoms with van der Waals surface area (Å²) in [6, 6.07) is 2.80. The van der Waals surface area contributed by atoms with E-state index in [2.05, 4.69) is 0 Å². The molecule has 16 heavy (non-hydrogen) atoms. The van der Waals surface area contributed by atoms with E-state index in [0.29, 0.717) is 6.07 Å². The first kappa shape index (κ1) is 12.2. The van der Waals surface area contributed by atoms with Crippen LogP contribution < -0.4 is 0 Å². The van der Waals surface area contributed by atoms with Crippen molar-refractivity contribution in [2.45, 2.75) is 4.90 Å². The minimum atomic E-state index is -4.41. The van der Waals surface area contributed by atoms with Gasteiger partial charge in [0.25, 0.3) is 9.05 Å². The Morgan fingerprint density at radius 2 is 2.06 bits per heavy atom. The van der Waals surface area contributed by atoms with Crippen molar-refractivity contribution in [3.05, 3.63) is 27.8 Å². The Balaban J connectivity index is 3.80. The Hall–Kier alpha value is -1.85. The molecule has 7 nitrogen and oxygen atoms in total. The Morgan fingerprint density at radius 3 is 2.44 bits per heavy atom. The van der Waals surface area contributed by atoms with Crippen molar-refractivity contribution < 1.29 is 18.4 Å². The highest BCUT2D eigenvalue weighted by Gasteiger charge is 2.29. The Morgan fingerprint density at radius 1 is 1.50 bits per heavy atom. The third kappa shape index (κ3) is 2.21. The van der Waals surface area contributed by atoms with Gasteiger partial charge >= 0.3 is 5.69 Å². The molecule has 0 bridgehead atoms. The molecule has 0 aliphatic heterocycles. The smallest absolute Gasteiger partial charge is 0.307 e. The topological polar surface area (TPSA) is 121 Å². The number of benzene rings is 1. The van der Waals surface area contributed by atoms with Crippen LogP contribution in [0.3, 0.4) is 0 Å². The van der Waals surface area contributed by atoms with Gasteiger partial charge in [-0.25, -0.2) is 8.42 Å². The van der Waals surface area contributed by atoms with Gasteiger partial charge in [-0.05, 0) is 0 Å². The minimum Gasteiger partial charge on any atom is -0.508 e. The van der Waals surface area contributed by atoms with Crippen molar-refractivity contribution >= 4 is 25.4 Å². The average Bonchev–Trinajstić information content (AvgIpc) is 2.14. The first-order valence-electron chi connectivity index (χ1n) is 3.63. The monoisotopic (exact) mass is 262 g/mol. The number of rotatable bonds is 2. The summed E-state index contributed by atoms with van der Waals surface area (Å²) in [6.45, 7) is 0. The molecule has 1 aromatic rings. The molecule has 0 saturated heterocycles. The number of hydrogen-bond donors (Lipinski definition) is 1. The summed E-state index contributed by atoms with van der Waals surface area (Å²) in [5, 5.41) is 28.3. The molecule has 0 unspecified atom stereocenters. The molecule has 84 valence electrons. The van der Waals surface area contributed by atoms with Gasteiger partial charge in [0.05, 0.1) is 4.92 Å². The van der Waals surface area contributed by atoms with Crippen LogP contribution in [0.15, 0.2) is 17.0 Å². The number of nitrogens with zero attached hydrogens (tertiary/aromatic N) is 2. The van der Waals surface area contributed by atoms with Crippen molar-refractivity contribution in [1.29, 1.82) is 5.26 Å². The fourth-order valence-electron chi connectivity index (χ4n) is 1.05. The van der Waals surface area contributed by atoms with Crippen LogP contribution in [-0.2, 0) is 9.05 Å². The highest BCUT2D eigenvalue weighted by atomic mass is 35.7. The Kier molecular flexibility index (Phi) is 3.02. The van der Waals surface area contributed by atoms with Crippen LogP contribution in [0.4, 0.5) is 5.69 Å². The van der Waals surface area contributed by atoms with Gasteiger partial charge in [-0.1, -0.05) is 0 Å². The molecule has 9 heteroatoms. The maximum absolute atomic E-state index is 11.0. The molecule has 0 spiro atoms. The molecule has 0 heterocycles. The van der Waals surface area contributed by atoms with Crippen molar-refractivity contribution in [2.75, 3.05) is 0 Å². The molecule has 0 aliphatic rings. The number of phenolic OH excluding ortho intramolecular Hbond substituents is 1. The number of halogens is 1. The van der Waals surface area contributed by atoms with Crippen molar-refractivity contribution in [1.82, 2.24) is 0 Å². The van der Waals surface area contributed by atoms with Gasteiger partial charge in [0.1, 0.15) is 17.4 Å². The van der Waals surface area contributed by atoms with Crippen LogP contribution >= 0.6 is 10.7 Å². The zero-order valence-electron chi connectivity index (χ0n) is 7.42. The predicted molar refractivity (Wildman–Crippen MR) is 52.5 cm³/mol. The zero-order chi connectivity index (χ0) is 12.5. The Bertz CT molecular complexity index is 604. The molecule has 1 aromatic carbocycles. The first-order chi connectivity index (χ1) is 7.27. The van der Waals surface area contributed by atoms with Crippen LogP contribution in [0, 0.1) is 21.4 Å². The lowest BCUT2D eigenvalue weighted by Gasteiger charge is -2.01. The number of hydrogen-bond acceptors (Lipinski definition) is 6. The van der Waals surface area contributed by atoms with E-state index in [1.165, 1.54) is 6.07 Å². The standard InChI is InChI=1S/C7H3ClN2O5S/c8-16(14,15)6-2-5(11)1-4(3-9)7(6)10(12)13/h1-2,11H. The molecular formula is C7H3ClN2O5S. The fraction of sp³-hybridized carbons (Fsp3) is 0. The van der Waals surface area contributed by atoms with E-state index in [1.54, 1.807) is 0 Å². The van der Waals surface area contributed by atoms with Gasteiger partial charge in [-0.15, -0.1) is 0 Å². The summed E-state index contributed by atoms with van der Waals surface area (Å²) in [6.07, 6.45) is 0. The van der Waals surface area contributed by atoms with Crippen LogP contribution in [-0.4, -0.2) is 18.4 Å². The molecular weight excluding hydrogens is 260 g/mol. The van der Waals surface area contributed by atoms with E-state index in [9.17, 15) is 18.5 Å². The number of nitro groups is 1. The number of nitro benzene ring substituents is 1. The van der Waals surface area contributed by atoms with Gasteiger partial charge < -0.3 is 5.11 Å². The van der Waals surface area contributed by atoms with E-state index in [0.717, 1.165) is 6.07 Å². The fourth-order valence-corrected chi connectivity index (χ4v) is 2.08. The molecule has 0 atom stereocenters. The summed E-state index contributed by atoms with van der Waals surface area (Å²) in [5.41, 5.74) is -1.53. The molecule has 1 rings (SSSR count). The summed E-state index contributed by atoms with van der Waals surface area (Å²) < 4.78 is 22.0. The summed E-state index contributed by atoms with van der Waals surface area (Å²) in [4.78, 5) is 8.65. The van der Waals surface area contributed by atoms with E-state index in [4.69, 9.17) is 21.1 Å². The van der Waals surface area contributed by atoms with Crippen LogP contribution in [0.25, 0.3) is 0 Å². The number of phenols is 1. The van der Waals surface area contributed by atoms with Crippen LogP contribution in [0.5, 0.6) is 5.75 Å². The SMILES string of the molecule is N#Cc1cc(O)cc(S(=O)(=O)Cl)c1[N+](=O)[O-]. The third-order valence-corrected chi connectivity index (χ3v) is 2.96. The number of aromatic hydroxyl groups is 1. The lowest BCUT2D eigenvalue weighted by Crippen LogP contribution is -2.01. The minimum absolute atomic E-state index is 0.579. The maximum atomic E-state index is 11.0. The quantitative estimate of drug-likeness (QED) is 0.484. The lowest BCUT2D eigenvalue weighted by molar-refractivity contribution is -0.388. The highest BCUT2D eigenvalue weighted by Crippen LogP contribution is 2.33. The maximum Gasteiger partial charge on any atom is 0.307 e. The number of nitriles is 1. The van der Waals surface area contributed by atoms with Crippen LogP contribution in [0.1, 0.15) is 5.56 Å². The molecule has 1 N–H and O–H groups in total. The zero-order valence-corrected chi connectivity index (χ0v) is 8.99. The predicted octanol–water partition coefficient (Wildman–Crippen LogP) is 1.10. The molecule has 0 aromatic heterocycles. The van der Waals surface area contributed by atoms with E-state index < -0.39 is 35.9 Å². The molecule has 0 amide bonds. The summed E-state index contributed by atoms with van der Waals surface area (Å²) in [7, 11) is 0.542. The van der Waals surface area contributed by atoms with Gasteiger partial charge in [0, 0.05) is 22.8 Å². The molecule has 0 saturated carbocycles. The lowest BCUT2D eigenvalue weighted by atomic mass is 10.2. The summed E-state index contributed by atoms with van der Waals surface area (Å²) in [5.74, 6) is -0.596. The second-order valence-corrected chi connectivity index (χ2v) is 5.18. The van der Waals surface area contributed by atoms with Crippen molar-refractivity contribution in [3.63, 3.8) is 0 Å². The van der Waals surface area contributed by atoms with E-state index >= 15 is 0 Å². The Labute approximate surface area is 94.1 Å². The molecule has 0 aliphatic carbocycles. The molecule has 0 fully saturated rings. The van der Waals surface area contributed by atoms with Crippen molar-refractivity contribution in [2.24, 2.45) is 0 Å². The van der Waals surface area contributed by atoms with Gasteiger partial charge in [0.2, 0.25) is 0 Å². The second kappa shape index (κ2) is 3.96. The molecule has 0 radical (unpaired) electrons. The average molecular weight is 263 g/mol. The largest absolute Gasteiger partial charge is 0.508 e. The summed E-state index contributed by atoms with van der Waals surface area (Å²) >= 11 is 0. The van der Waals surface area contributed by atoms with E-state index in [1.807, 2.05) is 0 Å². The van der Waals surface area contributed by atoms with Gasteiger partial charge in [-0.3, -0.25) is 10.1 Å². The normalized spacial score (nSPS) is 10.8. The van der Waals surface area contributed by atoms with Crippen molar-refractivity contribution in [3.8, 4) is 11.8 Å². The highest BCUT2D eigenvalue weighted by molar-refractivity contribution is 8.13. The second-order valence-electron chi connectivity index (χ2n) is 2.65. The van der Waals surface area contributed by atoms with Gasteiger partial charge in [0.15, 0.2) is 4.90 Å². The first-order valence-corrected chi connectivity index (χ1v) is 5.94. The van der Waals surface area contributed by atoms with E-state index in [-0.39, 0.29) is 0 Å². The van der Waals surface area contributed by atoms with Gasteiger partial charge in [-0.2, -0.15) is 5.26 Å². The third-order valence-electron chi connectivity index (χ3n) is 1.63.